The zero-order chi connectivity index (χ0) is 9.97. The van der Waals surface area contributed by atoms with Crippen molar-refractivity contribution in [1.29, 1.82) is 0 Å². The van der Waals surface area contributed by atoms with E-state index in [1.54, 1.807) is 0 Å². The molecule has 0 spiro atoms. The van der Waals surface area contributed by atoms with E-state index < -0.39 is 0 Å². The van der Waals surface area contributed by atoms with Crippen LogP contribution in [0.15, 0.2) is 36.5 Å². The van der Waals surface area contributed by atoms with Gasteiger partial charge in [0.2, 0.25) is 0 Å². The van der Waals surface area contributed by atoms with Crippen LogP contribution < -0.4 is 5.32 Å². The van der Waals surface area contributed by atoms with Gasteiger partial charge in [-0.2, -0.15) is 5.10 Å². The number of nitrogens with zero attached hydrogens (tertiary/aromatic N) is 2. The van der Waals surface area contributed by atoms with Crippen LogP contribution >= 0.6 is 0 Å². The van der Waals surface area contributed by atoms with Gasteiger partial charge in [-0.05, 0) is 19.1 Å². The highest BCUT2D eigenvalue weighted by Gasteiger charge is 2.05. The third-order valence-corrected chi connectivity index (χ3v) is 2.19. The molecule has 0 unspecified atom stereocenters. The molecule has 0 amide bonds. The minimum atomic E-state index is 1.04. The number of aromatic nitrogens is 2. The van der Waals surface area contributed by atoms with Gasteiger partial charge in [-0.25, -0.2) is 4.68 Å². The van der Waals surface area contributed by atoms with Crippen molar-refractivity contribution in [2.45, 2.75) is 6.92 Å². The molecule has 14 heavy (non-hydrogen) atoms. The van der Waals surface area contributed by atoms with Crippen LogP contribution in [-0.2, 0) is 0 Å². The predicted octanol–water partition coefficient (Wildman–Crippen LogP) is 2.22. The van der Waals surface area contributed by atoms with Gasteiger partial charge in [-0.15, -0.1) is 0 Å². The van der Waals surface area contributed by atoms with Crippen LogP contribution in [0.4, 0.5) is 5.82 Å². The van der Waals surface area contributed by atoms with Crippen molar-refractivity contribution in [2.75, 3.05) is 12.4 Å². The predicted molar refractivity (Wildman–Crippen MR) is 57.8 cm³/mol. The summed E-state index contributed by atoms with van der Waals surface area (Å²) < 4.78 is 1.90. The number of hydrogen-bond donors (Lipinski definition) is 1. The van der Waals surface area contributed by atoms with E-state index in [0.717, 1.165) is 17.1 Å². The molecule has 0 saturated heterocycles. The molecule has 1 heterocycles. The molecule has 3 nitrogen and oxygen atoms in total. The van der Waals surface area contributed by atoms with Crippen molar-refractivity contribution >= 4 is 5.82 Å². The normalized spacial score (nSPS) is 10.1. The molecule has 1 N–H and O–H groups in total. The molecular weight excluding hydrogens is 174 g/mol. The Kier molecular flexibility index (Phi) is 2.23. The van der Waals surface area contributed by atoms with Crippen molar-refractivity contribution < 1.29 is 0 Å². The second kappa shape index (κ2) is 3.54. The Bertz CT molecular complexity index is 417. The molecule has 0 aliphatic rings. The van der Waals surface area contributed by atoms with Crippen molar-refractivity contribution in [2.24, 2.45) is 0 Å². The number of anilines is 1. The zero-order valence-corrected chi connectivity index (χ0v) is 8.36. The minimum absolute atomic E-state index is 1.04. The van der Waals surface area contributed by atoms with E-state index in [4.69, 9.17) is 0 Å². The van der Waals surface area contributed by atoms with Crippen LogP contribution in [0.2, 0.25) is 0 Å². The lowest BCUT2D eigenvalue weighted by Crippen LogP contribution is -2.02. The maximum absolute atomic E-state index is 4.31. The number of aryl methyl sites for hydroxylation is 1. The molecule has 0 atom stereocenters. The maximum atomic E-state index is 4.31. The molecule has 2 aromatic rings. The van der Waals surface area contributed by atoms with Crippen LogP contribution in [0.3, 0.4) is 0 Å². The SMILES string of the molecule is CNc1c(C)cnn1-c1ccccc1. The van der Waals surface area contributed by atoms with E-state index in [-0.39, 0.29) is 0 Å². The highest BCUT2D eigenvalue weighted by molar-refractivity contribution is 5.49. The van der Waals surface area contributed by atoms with Crippen LogP contribution in [0.1, 0.15) is 5.56 Å². The number of hydrogen-bond acceptors (Lipinski definition) is 2. The first-order chi connectivity index (χ1) is 6.83. The van der Waals surface area contributed by atoms with Crippen LogP contribution in [0, 0.1) is 6.92 Å². The van der Waals surface area contributed by atoms with Gasteiger partial charge in [0.1, 0.15) is 5.82 Å². The molecule has 3 heteroatoms. The number of nitrogens with one attached hydrogen (secondary N) is 1. The third-order valence-electron chi connectivity index (χ3n) is 2.19. The van der Waals surface area contributed by atoms with E-state index in [0.29, 0.717) is 0 Å². The van der Waals surface area contributed by atoms with Crippen LogP contribution in [0.25, 0.3) is 5.69 Å². The summed E-state index contributed by atoms with van der Waals surface area (Å²) >= 11 is 0. The summed E-state index contributed by atoms with van der Waals surface area (Å²) in [5, 5.41) is 7.45. The topological polar surface area (TPSA) is 29.9 Å². The van der Waals surface area contributed by atoms with Crippen molar-refractivity contribution in [1.82, 2.24) is 9.78 Å². The lowest BCUT2D eigenvalue weighted by atomic mass is 10.3. The average molecular weight is 187 g/mol. The molecule has 0 saturated carbocycles. The van der Waals surface area contributed by atoms with Crippen molar-refractivity contribution in [3.63, 3.8) is 0 Å². The van der Waals surface area contributed by atoms with E-state index in [9.17, 15) is 0 Å². The summed E-state index contributed by atoms with van der Waals surface area (Å²) in [6.45, 7) is 2.04. The minimum Gasteiger partial charge on any atom is -0.373 e. The maximum Gasteiger partial charge on any atom is 0.132 e. The molecule has 0 bridgehead atoms. The average Bonchev–Trinajstić information content (AvgIpc) is 2.61. The quantitative estimate of drug-likeness (QED) is 0.781. The van der Waals surface area contributed by atoms with Gasteiger partial charge in [-0.3, -0.25) is 0 Å². The zero-order valence-electron chi connectivity index (χ0n) is 8.36. The summed E-state index contributed by atoms with van der Waals surface area (Å²) in [5.74, 6) is 1.04. The molecule has 72 valence electrons. The van der Waals surface area contributed by atoms with Gasteiger partial charge >= 0.3 is 0 Å². The van der Waals surface area contributed by atoms with Gasteiger partial charge in [0, 0.05) is 12.6 Å². The first kappa shape index (κ1) is 8.81. The first-order valence-corrected chi connectivity index (χ1v) is 4.60. The highest BCUT2D eigenvalue weighted by Crippen LogP contribution is 2.17. The molecule has 0 aliphatic carbocycles. The van der Waals surface area contributed by atoms with Crippen molar-refractivity contribution in [3.8, 4) is 5.69 Å². The molecule has 1 aromatic carbocycles. The molecule has 0 aliphatic heterocycles. The van der Waals surface area contributed by atoms with Crippen LogP contribution in [-0.4, -0.2) is 16.8 Å². The summed E-state index contributed by atoms with van der Waals surface area (Å²) in [7, 11) is 1.91. The summed E-state index contributed by atoms with van der Waals surface area (Å²) in [4.78, 5) is 0. The van der Waals surface area contributed by atoms with Gasteiger partial charge in [0.15, 0.2) is 0 Å². The Labute approximate surface area is 83.4 Å². The van der Waals surface area contributed by atoms with E-state index in [1.807, 2.05) is 55.2 Å². The first-order valence-electron chi connectivity index (χ1n) is 4.60. The monoisotopic (exact) mass is 187 g/mol. The fraction of sp³-hybridized carbons (Fsp3) is 0.182. The third kappa shape index (κ3) is 1.37. The van der Waals surface area contributed by atoms with E-state index in [1.165, 1.54) is 0 Å². The smallest absolute Gasteiger partial charge is 0.132 e. The molecule has 2 rings (SSSR count). The highest BCUT2D eigenvalue weighted by atomic mass is 15.3. The van der Waals surface area contributed by atoms with Crippen molar-refractivity contribution in [3.05, 3.63) is 42.1 Å². The van der Waals surface area contributed by atoms with Gasteiger partial charge in [0.05, 0.1) is 11.9 Å². The molecule has 0 fully saturated rings. The molecular formula is C11H13N3. The van der Waals surface area contributed by atoms with E-state index >= 15 is 0 Å². The summed E-state index contributed by atoms with van der Waals surface area (Å²) in [6, 6.07) is 10.1. The largest absolute Gasteiger partial charge is 0.373 e. The second-order valence-electron chi connectivity index (χ2n) is 3.17. The molecule has 1 aromatic heterocycles. The van der Waals surface area contributed by atoms with Gasteiger partial charge in [-0.1, -0.05) is 18.2 Å². The lowest BCUT2D eigenvalue weighted by molar-refractivity contribution is 0.885. The Hall–Kier alpha value is -1.77. The molecule has 0 radical (unpaired) electrons. The lowest BCUT2D eigenvalue weighted by Gasteiger charge is -2.06. The van der Waals surface area contributed by atoms with E-state index in [2.05, 4.69) is 10.4 Å². The summed E-state index contributed by atoms with van der Waals surface area (Å²) in [6.07, 6.45) is 1.86. The van der Waals surface area contributed by atoms with Gasteiger partial charge < -0.3 is 5.32 Å². The number of rotatable bonds is 2. The Balaban J connectivity index is 2.52. The number of benzene rings is 1. The standard InChI is InChI=1S/C11H13N3/c1-9-8-13-14(11(9)12-2)10-6-4-3-5-7-10/h3-8,12H,1-2H3. The fourth-order valence-electron chi connectivity index (χ4n) is 1.50. The summed E-state index contributed by atoms with van der Waals surface area (Å²) in [5.41, 5.74) is 2.22. The van der Waals surface area contributed by atoms with Crippen LogP contribution in [0.5, 0.6) is 0 Å². The Morgan fingerprint density at radius 2 is 1.93 bits per heavy atom. The van der Waals surface area contributed by atoms with Gasteiger partial charge in [0.25, 0.3) is 0 Å². The second-order valence-corrected chi connectivity index (χ2v) is 3.17. The Morgan fingerprint density at radius 1 is 1.21 bits per heavy atom. The Morgan fingerprint density at radius 3 is 2.57 bits per heavy atom. The number of para-hydroxylation sites is 1. The fourth-order valence-corrected chi connectivity index (χ4v) is 1.50.